The van der Waals surface area contributed by atoms with Crippen LogP contribution in [0.3, 0.4) is 0 Å². The zero-order chi connectivity index (χ0) is 21.9. The van der Waals surface area contributed by atoms with E-state index in [1.165, 1.54) is 16.9 Å². The molecule has 3 aromatic rings. The van der Waals surface area contributed by atoms with Crippen molar-refractivity contribution in [3.8, 4) is 22.9 Å². The smallest absolute Gasteiger partial charge is 0.263 e. The minimum atomic E-state index is -0.395. The van der Waals surface area contributed by atoms with Crippen LogP contribution in [0.5, 0.6) is 11.5 Å². The number of carbonyl (C=O) groups excluding carboxylic acids is 1. The predicted molar refractivity (Wildman–Crippen MR) is 110 cm³/mol. The number of halogens is 1. The van der Waals surface area contributed by atoms with Crippen molar-refractivity contribution in [3.05, 3.63) is 53.8 Å². The molecule has 5 rings (SSSR count). The second-order valence-electron chi connectivity index (χ2n) is 7.24. The van der Waals surface area contributed by atoms with Gasteiger partial charge in [0.25, 0.3) is 5.91 Å². The first-order valence-electron chi connectivity index (χ1n) is 9.89. The van der Waals surface area contributed by atoms with Crippen LogP contribution in [-0.2, 0) is 11.3 Å². The second kappa shape index (κ2) is 8.69. The molecule has 12 heteroatoms. The Morgan fingerprint density at radius 1 is 1.25 bits per heavy atom. The van der Waals surface area contributed by atoms with Crippen LogP contribution < -0.4 is 25.8 Å². The number of aromatic nitrogens is 4. The third-order valence-electron chi connectivity index (χ3n) is 5.08. The van der Waals surface area contributed by atoms with E-state index in [1.807, 2.05) is 0 Å². The third kappa shape index (κ3) is 4.26. The van der Waals surface area contributed by atoms with Crippen molar-refractivity contribution < 1.29 is 18.7 Å². The minimum Gasteiger partial charge on any atom is -0.454 e. The Morgan fingerprint density at radius 3 is 2.97 bits per heavy atom. The van der Waals surface area contributed by atoms with E-state index in [2.05, 4.69) is 36.8 Å². The van der Waals surface area contributed by atoms with Gasteiger partial charge in [0, 0.05) is 24.2 Å². The molecule has 2 atom stereocenters. The SMILES string of the molecule is O=C(Cn1nnc(-c2ccc3c(c2)OCO3)n1)N/N=C/C1CNNC1c1ccc(F)cc1. The van der Waals surface area contributed by atoms with Crippen molar-refractivity contribution >= 4 is 12.1 Å². The Hall–Kier alpha value is -3.90. The van der Waals surface area contributed by atoms with Crippen molar-refractivity contribution in [1.29, 1.82) is 0 Å². The summed E-state index contributed by atoms with van der Waals surface area (Å²) in [4.78, 5) is 13.4. The van der Waals surface area contributed by atoms with E-state index in [0.29, 0.717) is 29.4 Å². The number of benzene rings is 2. The Morgan fingerprint density at radius 2 is 2.09 bits per heavy atom. The van der Waals surface area contributed by atoms with Gasteiger partial charge in [-0.05, 0) is 41.1 Å². The largest absolute Gasteiger partial charge is 0.454 e. The number of ether oxygens (including phenoxy) is 2. The maximum Gasteiger partial charge on any atom is 0.263 e. The number of carbonyl (C=O) groups is 1. The lowest BCUT2D eigenvalue weighted by atomic mass is 9.96. The summed E-state index contributed by atoms with van der Waals surface area (Å²) < 4.78 is 23.8. The van der Waals surface area contributed by atoms with Crippen molar-refractivity contribution in [2.75, 3.05) is 13.3 Å². The van der Waals surface area contributed by atoms with Gasteiger partial charge in [-0.2, -0.15) is 9.90 Å². The lowest BCUT2D eigenvalue weighted by Gasteiger charge is -2.15. The molecule has 0 radical (unpaired) electrons. The highest BCUT2D eigenvalue weighted by Crippen LogP contribution is 2.34. The van der Waals surface area contributed by atoms with Crippen LogP contribution in [0.1, 0.15) is 11.6 Å². The van der Waals surface area contributed by atoms with Crippen LogP contribution in [0.2, 0.25) is 0 Å². The number of amides is 1. The number of tetrazole rings is 1. The van der Waals surface area contributed by atoms with Gasteiger partial charge in [-0.1, -0.05) is 12.1 Å². The standard InChI is InChI=1S/C20H19FN8O3/c21-15-4-1-12(2-5-15)19-14(9-23-25-19)8-22-24-18(30)10-29-27-20(26-28-29)13-3-6-16-17(7-13)32-11-31-16/h1-8,14,19,23,25H,9-11H2,(H,24,30)/b22-8+. The molecule has 1 fully saturated rings. The average molecular weight is 438 g/mol. The van der Waals surface area contributed by atoms with Crippen molar-refractivity contribution in [2.24, 2.45) is 11.0 Å². The van der Waals surface area contributed by atoms with Gasteiger partial charge in [-0.3, -0.25) is 10.2 Å². The first kappa shape index (κ1) is 20.0. The molecule has 2 aliphatic heterocycles. The molecule has 32 heavy (non-hydrogen) atoms. The summed E-state index contributed by atoms with van der Waals surface area (Å²) in [5.41, 5.74) is 10.3. The van der Waals surface area contributed by atoms with Gasteiger partial charge < -0.3 is 9.47 Å². The topological polar surface area (TPSA) is 128 Å². The third-order valence-corrected chi connectivity index (χ3v) is 5.08. The molecule has 0 bridgehead atoms. The molecule has 11 nitrogen and oxygen atoms in total. The van der Waals surface area contributed by atoms with E-state index in [0.717, 1.165) is 5.56 Å². The van der Waals surface area contributed by atoms with Crippen LogP contribution in [0.4, 0.5) is 4.39 Å². The predicted octanol–water partition coefficient (Wildman–Crippen LogP) is 0.775. The molecule has 2 aliphatic rings. The Balaban J connectivity index is 1.17. The quantitative estimate of drug-likeness (QED) is 0.381. The maximum absolute atomic E-state index is 13.2. The molecule has 1 saturated heterocycles. The van der Waals surface area contributed by atoms with Gasteiger partial charge in [-0.25, -0.2) is 15.2 Å². The van der Waals surface area contributed by atoms with Gasteiger partial charge in [0.1, 0.15) is 12.4 Å². The summed E-state index contributed by atoms with van der Waals surface area (Å²) in [6.45, 7) is 0.652. The molecule has 1 aromatic heterocycles. The van der Waals surface area contributed by atoms with Crippen LogP contribution in [0.15, 0.2) is 47.6 Å². The van der Waals surface area contributed by atoms with Crippen LogP contribution in [-0.4, -0.2) is 45.7 Å². The first-order valence-corrected chi connectivity index (χ1v) is 9.89. The molecular formula is C20H19FN8O3. The number of hydrazone groups is 1. The fraction of sp³-hybridized carbons (Fsp3) is 0.250. The molecule has 3 heterocycles. The molecule has 1 amide bonds. The minimum absolute atomic E-state index is 0.0251. The van der Waals surface area contributed by atoms with E-state index in [9.17, 15) is 9.18 Å². The van der Waals surface area contributed by atoms with Gasteiger partial charge in [0.05, 0.1) is 6.04 Å². The van der Waals surface area contributed by atoms with E-state index in [4.69, 9.17) is 9.47 Å². The number of hydrazine groups is 1. The van der Waals surface area contributed by atoms with Crippen LogP contribution >= 0.6 is 0 Å². The molecule has 0 aliphatic carbocycles. The number of rotatable bonds is 6. The highest BCUT2D eigenvalue weighted by molar-refractivity contribution is 5.76. The summed E-state index contributed by atoms with van der Waals surface area (Å²) in [5.74, 6) is 0.926. The summed E-state index contributed by atoms with van der Waals surface area (Å²) in [6, 6.07) is 11.5. The monoisotopic (exact) mass is 438 g/mol. The lowest BCUT2D eigenvalue weighted by Crippen LogP contribution is -2.26. The molecule has 0 spiro atoms. The normalized spacial score (nSPS) is 19.5. The van der Waals surface area contributed by atoms with Crippen LogP contribution in [0, 0.1) is 11.7 Å². The highest BCUT2D eigenvalue weighted by Gasteiger charge is 2.27. The van der Waals surface area contributed by atoms with E-state index in [-0.39, 0.29) is 31.1 Å². The Kier molecular flexibility index (Phi) is 5.44. The van der Waals surface area contributed by atoms with E-state index in [1.54, 1.807) is 36.5 Å². The van der Waals surface area contributed by atoms with E-state index >= 15 is 0 Å². The molecular weight excluding hydrogens is 419 g/mol. The molecule has 2 aromatic carbocycles. The van der Waals surface area contributed by atoms with Gasteiger partial charge >= 0.3 is 0 Å². The Bertz CT molecular complexity index is 1150. The number of hydrogen-bond acceptors (Lipinski definition) is 9. The Labute approximate surface area is 181 Å². The zero-order valence-corrected chi connectivity index (χ0v) is 16.7. The summed E-state index contributed by atoms with van der Waals surface area (Å²) >= 11 is 0. The van der Waals surface area contributed by atoms with Gasteiger partial charge in [0.15, 0.2) is 11.5 Å². The van der Waals surface area contributed by atoms with Crippen LogP contribution in [0.25, 0.3) is 11.4 Å². The lowest BCUT2D eigenvalue weighted by molar-refractivity contribution is -0.122. The number of hydrogen-bond donors (Lipinski definition) is 3. The maximum atomic E-state index is 13.2. The fourth-order valence-corrected chi connectivity index (χ4v) is 3.48. The number of nitrogens with zero attached hydrogens (tertiary/aromatic N) is 5. The first-order chi connectivity index (χ1) is 15.7. The van der Waals surface area contributed by atoms with Crippen molar-refractivity contribution in [2.45, 2.75) is 12.6 Å². The molecule has 3 N–H and O–H groups in total. The number of nitrogens with one attached hydrogen (secondary N) is 3. The summed E-state index contributed by atoms with van der Waals surface area (Å²) in [7, 11) is 0. The average Bonchev–Trinajstić information content (AvgIpc) is 3.54. The molecule has 0 saturated carbocycles. The highest BCUT2D eigenvalue weighted by atomic mass is 19.1. The van der Waals surface area contributed by atoms with Crippen molar-refractivity contribution in [3.63, 3.8) is 0 Å². The van der Waals surface area contributed by atoms with Crippen molar-refractivity contribution in [1.82, 2.24) is 36.5 Å². The summed E-state index contributed by atoms with van der Waals surface area (Å²) in [6.07, 6.45) is 1.64. The molecule has 164 valence electrons. The van der Waals surface area contributed by atoms with Gasteiger partial charge in [0.2, 0.25) is 12.6 Å². The zero-order valence-electron chi connectivity index (χ0n) is 16.7. The van der Waals surface area contributed by atoms with E-state index < -0.39 is 5.91 Å². The molecule has 2 unspecified atom stereocenters. The summed E-state index contributed by atoms with van der Waals surface area (Å²) in [5, 5.41) is 16.2. The fourth-order valence-electron chi connectivity index (χ4n) is 3.48. The van der Waals surface area contributed by atoms with Gasteiger partial charge in [-0.15, -0.1) is 10.2 Å². The number of fused-ring (bicyclic) bond motifs is 1. The second-order valence-corrected chi connectivity index (χ2v) is 7.24.